The first-order chi connectivity index (χ1) is 20.3. The van der Waals surface area contributed by atoms with E-state index in [1.807, 2.05) is 0 Å². The molecule has 1 amide bonds. The highest BCUT2D eigenvalue weighted by Crippen LogP contribution is 2.36. The number of amides is 1. The topological polar surface area (TPSA) is 122 Å². The van der Waals surface area contributed by atoms with Gasteiger partial charge < -0.3 is 20.1 Å². The van der Waals surface area contributed by atoms with Crippen molar-refractivity contribution in [1.29, 1.82) is 0 Å². The number of pyridine rings is 2. The van der Waals surface area contributed by atoms with Gasteiger partial charge in [-0.1, -0.05) is 19.1 Å². The molecule has 1 aromatic carbocycles. The third-order valence-electron chi connectivity index (χ3n) is 7.19. The fourth-order valence-electron chi connectivity index (χ4n) is 4.82. The first-order valence-corrected chi connectivity index (χ1v) is 14.9. The molecule has 0 spiro atoms. The van der Waals surface area contributed by atoms with Gasteiger partial charge in [-0.25, -0.2) is 13.4 Å². The van der Waals surface area contributed by atoms with E-state index in [-0.39, 0.29) is 41.0 Å². The number of nitrogens with one attached hydrogen (secondary N) is 1. The van der Waals surface area contributed by atoms with E-state index in [0.29, 0.717) is 17.8 Å². The molecule has 3 atom stereocenters. The number of ether oxygens (including phenoxy) is 1. The van der Waals surface area contributed by atoms with Gasteiger partial charge in [-0.05, 0) is 48.4 Å². The Bertz CT molecular complexity index is 1490. The number of hydrogen-bond donors (Lipinski definition) is 2. The monoisotopic (exact) mass is 628 g/mol. The van der Waals surface area contributed by atoms with Crippen molar-refractivity contribution >= 4 is 21.6 Å². The Labute approximate surface area is 244 Å². The van der Waals surface area contributed by atoms with E-state index in [4.69, 9.17) is 0 Å². The number of halogens is 5. The van der Waals surface area contributed by atoms with E-state index in [0.717, 1.165) is 18.3 Å². The van der Waals surface area contributed by atoms with Gasteiger partial charge in [0.15, 0.2) is 9.84 Å². The molecule has 2 aromatic heterocycles. The molecule has 0 aliphatic carbocycles. The summed E-state index contributed by atoms with van der Waals surface area (Å²) in [5.74, 6) is -0.645. The maximum atomic E-state index is 13.0. The molecule has 2 N–H and O–H groups in total. The molecular weight excluding hydrogens is 599 g/mol. The molecule has 0 radical (unpaired) electrons. The lowest BCUT2D eigenvalue weighted by Gasteiger charge is -2.25. The van der Waals surface area contributed by atoms with E-state index in [9.17, 15) is 40.3 Å². The van der Waals surface area contributed by atoms with Crippen LogP contribution in [0.3, 0.4) is 0 Å². The molecule has 1 fully saturated rings. The second-order valence-corrected chi connectivity index (χ2v) is 12.2. The number of rotatable bonds is 11. The summed E-state index contributed by atoms with van der Waals surface area (Å²) in [5.41, 5.74) is 0.174. The van der Waals surface area contributed by atoms with Crippen LogP contribution in [0.15, 0.2) is 65.8 Å². The summed E-state index contributed by atoms with van der Waals surface area (Å²) >= 11 is 0. The smallest absolute Gasteiger partial charge is 0.394 e. The van der Waals surface area contributed by atoms with Crippen molar-refractivity contribution in [3.8, 4) is 0 Å². The Balaban J connectivity index is 1.47. The van der Waals surface area contributed by atoms with Crippen LogP contribution < -0.4 is 10.2 Å². The number of aromatic nitrogens is 2. The van der Waals surface area contributed by atoms with Crippen LogP contribution in [0.25, 0.3) is 0 Å². The number of carbonyl (C=O) groups is 1. The molecule has 3 aromatic rings. The first kappa shape index (κ1) is 32.2. The molecule has 9 nitrogen and oxygen atoms in total. The van der Waals surface area contributed by atoms with Crippen LogP contribution in [0.4, 0.5) is 27.8 Å². The minimum atomic E-state index is -4.48. The van der Waals surface area contributed by atoms with Crippen molar-refractivity contribution in [2.24, 2.45) is 0 Å². The van der Waals surface area contributed by atoms with Crippen molar-refractivity contribution in [2.75, 3.05) is 30.4 Å². The Morgan fingerprint density at radius 2 is 1.81 bits per heavy atom. The first-order valence-electron chi connectivity index (χ1n) is 13.2. The summed E-state index contributed by atoms with van der Waals surface area (Å²) in [4.78, 5) is 23.0. The lowest BCUT2D eigenvalue weighted by atomic mass is 9.95. The number of alkyl halides is 5. The van der Waals surface area contributed by atoms with Gasteiger partial charge in [-0.2, -0.15) is 22.0 Å². The second-order valence-electron chi connectivity index (χ2n) is 9.89. The summed E-state index contributed by atoms with van der Waals surface area (Å²) in [5, 5.41) is 12.4. The van der Waals surface area contributed by atoms with E-state index < -0.39 is 52.8 Å². The lowest BCUT2D eigenvalue weighted by molar-refractivity contribution is -0.137. The maximum absolute atomic E-state index is 13.0. The number of benzene rings is 1. The second kappa shape index (κ2) is 13.3. The van der Waals surface area contributed by atoms with Crippen molar-refractivity contribution in [3.63, 3.8) is 0 Å². The van der Waals surface area contributed by atoms with Gasteiger partial charge in [0.1, 0.15) is 5.82 Å². The number of anilines is 1. The number of carbonyl (C=O) groups excluding carboxylic acids is 1. The number of sulfone groups is 1. The third-order valence-corrected chi connectivity index (χ3v) is 8.91. The molecule has 43 heavy (non-hydrogen) atoms. The average molecular weight is 629 g/mol. The average Bonchev–Trinajstić information content (AvgIpc) is 3.43. The number of hydrogen-bond acceptors (Lipinski definition) is 8. The SMILES string of the molecule is CCS(=O)(=O)c1ccc([C@H](CO)NC(=O)c2ccc(N3CC(c4ccc(C(F)(F)F)cc4)C[C@H]3COC(F)F)nc2)nc1. The quantitative estimate of drug-likeness (QED) is 0.301. The van der Waals surface area contributed by atoms with E-state index >= 15 is 0 Å². The van der Waals surface area contributed by atoms with Crippen LogP contribution in [0.5, 0.6) is 0 Å². The molecule has 232 valence electrons. The molecule has 4 rings (SSSR count). The zero-order valence-corrected chi connectivity index (χ0v) is 23.7. The molecule has 1 saturated heterocycles. The van der Waals surface area contributed by atoms with Crippen LogP contribution in [-0.2, 0) is 20.8 Å². The van der Waals surface area contributed by atoms with E-state index in [2.05, 4.69) is 20.0 Å². The van der Waals surface area contributed by atoms with Gasteiger partial charge in [0.25, 0.3) is 5.91 Å². The van der Waals surface area contributed by atoms with Crippen molar-refractivity contribution in [2.45, 2.75) is 49.0 Å². The lowest BCUT2D eigenvalue weighted by Crippen LogP contribution is -2.34. The molecular formula is C28H29F5N4O5S. The molecule has 1 aliphatic heterocycles. The summed E-state index contributed by atoms with van der Waals surface area (Å²) in [6.45, 7) is -2.11. The van der Waals surface area contributed by atoms with Gasteiger partial charge in [-0.15, -0.1) is 0 Å². The molecule has 0 saturated carbocycles. The highest BCUT2D eigenvalue weighted by Gasteiger charge is 2.36. The summed E-state index contributed by atoms with van der Waals surface area (Å²) in [6.07, 6.45) is -1.74. The zero-order chi connectivity index (χ0) is 31.4. The minimum absolute atomic E-state index is 0.0151. The van der Waals surface area contributed by atoms with E-state index in [1.54, 1.807) is 4.90 Å². The number of aliphatic hydroxyl groups is 1. The van der Waals surface area contributed by atoms with Gasteiger partial charge in [0, 0.05) is 24.9 Å². The van der Waals surface area contributed by atoms with Gasteiger partial charge in [-0.3, -0.25) is 9.78 Å². The predicted molar refractivity (Wildman–Crippen MR) is 145 cm³/mol. The Hall–Kier alpha value is -3.69. The zero-order valence-electron chi connectivity index (χ0n) is 22.8. The molecule has 3 heterocycles. The highest BCUT2D eigenvalue weighted by molar-refractivity contribution is 7.91. The normalized spacial score (nSPS) is 18.2. The number of aliphatic hydroxyl groups excluding tert-OH is 1. The van der Waals surface area contributed by atoms with Crippen LogP contribution >= 0.6 is 0 Å². The van der Waals surface area contributed by atoms with Gasteiger partial charge in [0.2, 0.25) is 0 Å². The van der Waals surface area contributed by atoms with E-state index in [1.165, 1.54) is 49.5 Å². The maximum Gasteiger partial charge on any atom is 0.416 e. The van der Waals surface area contributed by atoms with Crippen LogP contribution in [-0.4, -0.2) is 67.6 Å². The molecule has 15 heteroatoms. The fraction of sp³-hybridized carbons (Fsp3) is 0.393. The predicted octanol–water partition coefficient (Wildman–Crippen LogP) is 4.35. The molecule has 0 bridgehead atoms. The van der Waals surface area contributed by atoms with Gasteiger partial charge >= 0.3 is 12.8 Å². The Morgan fingerprint density at radius 1 is 1.09 bits per heavy atom. The highest BCUT2D eigenvalue weighted by atomic mass is 32.2. The van der Waals surface area contributed by atoms with Crippen LogP contribution in [0, 0.1) is 0 Å². The van der Waals surface area contributed by atoms with Crippen LogP contribution in [0.2, 0.25) is 0 Å². The van der Waals surface area contributed by atoms with Gasteiger partial charge in [0.05, 0.1) is 52.8 Å². The van der Waals surface area contributed by atoms with Crippen molar-refractivity contribution in [3.05, 3.63) is 83.3 Å². The summed E-state index contributed by atoms with van der Waals surface area (Å²) in [7, 11) is -3.47. The third kappa shape index (κ3) is 7.83. The minimum Gasteiger partial charge on any atom is -0.394 e. The summed E-state index contributed by atoms with van der Waals surface area (Å²) in [6, 6.07) is 8.89. The standard InChI is InChI=1S/C28H29F5N4O5S/c1-2-43(40,41)22-8-9-23(34-13-22)24(15-38)36-26(39)18-5-10-25(35-12-18)37-14-19(11-21(37)16-42-27(29)30)17-3-6-20(7-4-17)28(31,32)33/h3-10,12-13,19,21,24,27,38H,2,11,14-16H2,1H3,(H,36,39)/t19?,21-,24-/m0/s1. The van der Waals surface area contributed by atoms with Crippen molar-refractivity contribution in [1.82, 2.24) is 15.3 Å². The Morgan fingerprint density at radius 3 is 2.35 bits per heavy atom. The number of nitrogens with zero attached hydrogens (tertiary/aromatic N) is 3. The Kier molecular flexibility index (Phi) is 9.97. The molecule has 1 unspecified atom stereocenters. The summed E-state index contributed by atoms with van der Waals surface area (Å²) < 4.78 is 93.2. The largest absolute Gasteiger partial charge is 0.416 e. The van der Waals surface area contributed by atoms with Crippen molar-refractivity contribution < 1.29 is 45.0 Å². The molecule has 1 aliphatic rings. The fourth-order valence-corrected chi connectivity index (χ4v) is 5.64. The van der Waals surface area contributed by atoms with Crippen LogP contribution in [0.1, 0.15) is 52.5 Å².